The van der Waals surface area contributed by atoms with Crippen LogP contribution in [0.4, 0.5) is 0 Å². The highest BCUT2D eigenvalue weighted by Crippen LogP contribution is 2.41. The van der Waals surface area contributed by atoms with Crippen LogP contribution in [0.15, 0.2) is 35.0 Å². The number of aromatic nitrogens is 2. The molecule has 0 radical (unpaired) electrons. The van der Waals surface area contributed by atoms with Gasteiger partial charge in [0.1, 0.15) is 11.0 Å². The van der Waals surface area contributed by atoms with Gasteiger partial charge in [0.05, 0.1) is 11.7 Å². The van der Waals surface area contributed by atoms with Crippen molar-refractivity contribution >= 4 is 45.4 Å². The van der Waals surface area contributed by atoms with E-state index in [1.807, 2.05) is 22.7 Å². The van der Waals surface area contributed by atoms with Crippen molar-refractivity contribution in [1.82, 2.24) is 8.75 Å². The Labute approximate surface area is 224 Å². The lowest BCUT2D eigenvalue weighted by Crippen LogP contribution is -1.90. The Balaban J connectivity index is 1.47. The number of hydrogen-bond donors (Lipinski definition) is 0. The first-order chi connectivity index (χ1) is 17.3. The fourth-order valence-corrected chi connectivity index (χ4v) is 7.50. The molecule has 0 N–H and O–H groups in total. The molecule has 0 aliphatic rings. The fourth-order valence-electron chi connectivity index (χ4n) is 4.96. The molecule has 188 valence electrons. The van der Waals surface area contributed by atoms with Gasteiger partial charge in [0.25, 0.3) is 0 Å². The Morgan fingerprint density at radius 2 is 0.971 bits per heavy atom. The summed E-state index contributed by atoms with van der Waals surface area (Å²) in [4.78, 5) is 2.78. The number of benzene rings is 1. The zero-order chi connectivity index (χ0) is 24.3. The number of unbranched alkanes of at least 4 members (excludes halogenated alkanes) is 10. The third-order valence-electron chi connectivity index (χ3n) is 7.00. The molecular formula is C30H40N2S3. The van der Waals surface area contributed by atoms with Crippen molar-refractivity contribution in [2.45, 2.75) is 104 Å². The molecule has 0 saturated carbocycles. The summed E-state index contributed by atoms with van der Waals surface area (Å²) in [6.07, 6.45) is 18.4. The van der Waals surface area contributed by atoms with Crippen molar-refractivity contribution in [3.63, 3.8) is 0 Å². The van der Waals surface area contributed by atoms with Gasteiger partial charge >= 0.3 is 0 Å². The molecule has 5 heteroatoms. The van der Waals surface area contributed by atoms with E-state index in [1.54, 1.807) is 0 Å². The Kier molecular flexibility index (Phi) is 10.8. The van der Waals surface area contributed by atoms with E-state index in [-0.39, 0.29) is 0 Å². The first kappa shape index (κ1) is 26.5. The monoisotopic (exact) mass is 524 g/mol. The number of thiophene rings is 2. The van der Waals surface area contributed by atoms with E-state index in [0.717, 1.165) is 11.0 Å². The largest absolute Gasteiger partial charge is 0.172 e. The third kappa shape index (κ3) is 7.02. The standard InChI is InChI=1S/C30H40N2S3/c1-3-5-7-9-11-13-15-23-19-21-33-29(23)25-17-18-26(28-27(25)31-35-32-28)30-24(20-22-34-30)16-14-12-10-8-6-4-2/h17-22H,3-16H2,1-2H3. The highest BCUT2D eigenvalue weighted by Gasteiger charge is 2.18. The molecule has 1 aromatic carbocycles. The molecule has 0 spiro atoms. The molecule has 0 bridgehead atoms. The Hall–Kier alpha value is -1.56. The Morgan fingerprint density at radius 1 is 0.543 bits per heavy atom. The van der Waals surface area contributed by atoms with Gasteiger partial charge in [-0.3, -0.25) is 0 Å². The van der Waals surface area contributed by atoms with Crippen LogP contribution in [-0.2, 0) is 12.8 Å². The van der Waals surface area contributed by atoms with Gasteiger partial charge in [0.15, 0.2) is 0 Å². The maximum absolute atomic E-state index is 4.79. The highest BCUT2D eigenvalue weighted by atomic mass is 32.1. The van der Waals surface area contributed by atoms with Crippen LogP contribution in [0.1, 0.15) is 102 Å². The molecule has 0 aliphatic heterocycles. The number of rotatable bonds is 16. The predicted octanol–water partition coefficient (Wildman–Crippen LogP) is 11.0. The van der Waals surface area contributed by atoms with Gasteiger partial charge < -0.3 is 0 Å². The molecule has 2 nitrogen and oxygen atoms in total. The van der Waals surface area contributed by atoms with Gasteiger partial charge in [-0.15, -0.1) is 22.7 Å². The van der Waals surface area contributed by atoms with Gasteiger partial charge in [-0.1, -0.05) is 90.2 Å². The van der Waals surface area contributed by atoms with Gasteiger partial charge in [0, 0.05) is 20.9 Å². The van der Waals surface area contributed by atoms with Gasteiger partial charge in [-0.25, -0.2) is 0 Å². The molecule has 0 unspecified atom stereocenters. The third-order valence-corrected chi connectivity index (χ3v) is 9.51. The molecule has 3 heterocycles. The van der Waals surface area contributed by atoms with Crippen LogP contribution in [0, 0.1) is 0 Å². The summed E-state index contributed by atoms with van der Waals surface area (Å²) in [7, 11) is 0. The van der Waals surface area contributed by atoms with Crippen molar-refractivity contribution in [3.8, 4) is 20.9 Å². The minimum Gasteiger partial charge on any atom is -0.172 e. The second kappa shape index (κ2) is 14.2. The minimum absolute atomic E-state index is 1.08. The summed E-state index contributed by atoms with van der Waals surface area (Å²) in [6, 6.07) is 9.26. The molecular weight excluding hydrogens is 485 g/mol. The molecule has 0 saturated heterocycles. The van der Waals surface area contributed by atoms with Crippen LogP contribution in [-0.4, -0.2) is 8.75 Å². The quantitative estimate of drug-likeness (QED) is 0.136. The lowest BCUT2D eigenvalue weighted by Gasteiger charge is -2.09. The van der Waals surface area contributed by atoms with Crippen LogP contribution in [0.3, 0.4) is 0 Å². The zero-order valence-corrected chi connectivity index (χ0v) is 23.9. The Bertz CT molecular complexity index is 1070. The lowest BCUT2D eigenvalue weighted by atomic mass is 9.98. The molecule has 4 aromatic rings. The summed E-state index contributed by atoms with van der Waals surface area (Å²) in [6.45, 7) is 4.57. The summed E-state index contributed by atoms with van der Waals surface area (Å²) >= 11 is 5.07. The smallest absolute Gasteiger partial charge is 0.114 e. The van der Waals surface area contributed by atoms with E-state index < -0.39 is 0 Å². The second-order valence-electron chi connectivity index (χ2n) is 9.71. The van der Waals surface area contributed by atoms with Gasteiger partial charge in [-0.05, 0) is 59.7 Å². The molecule has 0 aliphatic carbocycles. The number of aryl methyl sites for hydroxylation is 2. The van der Waals surface area contributed by atoms with E-state index in [0.29, 0.717) is 0 Å². The first-order valence-corrected chi connectivity index (χ1v) is 16.2. The van der Waals surface area contributed by atoms with E-state index in [4.69, 9.17) is 8.75 Å². The van der Waals surface area contributed by atoms with Crippen LogP contribution in [0.25, 0.3) is 31.9 Å². The normalized spacial score (nSPS) is 11.6. The molecule has 3 aromatic heterocycles. The minimum atomic E-state index is 1.08. The van der Waals surface area contributed by atoms with Gasteiger partial charge in [0.2, 0.25) is 0 Å². The Morgan fingerprint density at radius 3 is 1.43 bits per heavy atom. The molecule has 0 amide bonds. The van der Waals surface area contributed by atoms with E-state index in [9.17, 15) is 0 Å². The van der Waals surface area contributed by atoms with Crippen molar-refractivity contribution in [3.05, 3.63) is 46.2 Å². The topological polar surface area (TPSA) is 25.8 Å². The molecule has 35 heavy (non-hydrogen) atoms. The van der Waals surface area contributed by atoms with Crippen molar-refractivity contribution in [2.24, 2.45) is 0 Å². The first-order valence-electron chi connectivity index (χ1n) is 13.7. The summed E-state index contributed by atoms with van der Waals surface area (Å²) in [5.41, 5.74) is 7.65. The van der Waals surface area contributed by atoms with Crippen LogP contribution in [0.2, 0.25) is 0 Å². The van der Waals surface area contributed by atoms with Crippen molar-refractivity contribution < 1.29 is 0 Å². The molecule has 4 rings (SSSR count). The van der Waals surface area contributed by atoms with Crippen molar-refractivity contribution in [2.75, 3.05) is 0 Å². The average molecular weight is 525 g/mol. The van der Waals surface area contributed by atoms with Crippen LogP contribution < -0.4 is 0 Å². The summed E-state index contributed by atoms with van der Waals surface area (Å²) in [5.74, 6) is 0. The SMILES string of the molecule is CCCCCCCCc1ccsc1-c1ccc(-c2sccc2CCCCCCCC)c2nsnc12. The summed E-state index contributed by atoms with van der Waals surface area (Å²) in [5, 5.41) is 4.50. The highest BCUT2D eigenvalue weighted by molar-refractivity contribution is 7.14. The van der Waals surface area contributed by atoms with E-state index >= 15 is 0 Å². The van der Waals surface area contributed by atoms with Crippen LogP contribution in [0.5, 0.6) is 0 Å². The lowest BCUT2D eigenvalue weighted by molar-refractivity contribution is 0.608. The predicted molar refractivity (Wildman–Crippen MR) is 158 cm³/mol. The average Bonchev–Trinajstić information content (AvgIpc) is 3.64. The number of hydrogen-bond acceptors (Lipinski definition) is 5. The van der Waals surface area contributed by atoms with Gasteiger partial charge in [-0.2, -0.15) is 8.75 Å². The molecule has 0 atom stereocenters. The van der Waals surface area contributed by atoms with E-state index in [1.165, 1.54) is 134 Å². The van der Waals surface area contributed by atoms with E-state index in [2.05, 4.69) is 48.9 Å². The fraction of sp³-hybridized carbons (Fsp3) is 0.533. The summed E-state index contributed by atoms with van der Waals surface area (Å²) < 4.78 is 9.58. The number of fused-ring (bicyclic) bond motifs is 1. The van der Waals surface area contributed by atoms with Crippen molar-refractivity contribution in [1.29, 1.82) is 0 Å². The number of nitrogens with zero attached hydrogens (tertiary/aromatic N) is 2. The molecule has 0 fully saturated rings. The second-order valence-corrected chi connectivity index (χ2v) is 12.1. The zero-order valence-electron chi connectivity index (χ0n) is 21.5. The maximum atomic E-state index is 4.79. The van der Waals surface area contributed by atoms with Crippen LogP contribution >= 0.6 is 34.4 Å². The maximum Gasteiger partial charge on any atom is 0.114 e.